The van der Waals surface area contributed by atoms with E-state index in [0.717, 1.165) is 22.6 Å². The lowest BCUT2D eigenvalue weighted by Gasteiger charge is -2.27. The standard InChI is InChI=1S/C40H52O9/c1-26(2)38(42)47-20-18-33-35(32-16-14-31(15-17-32)30-12-10-29(7)11-13-30)25-36(45-21-23-48-39(43)27(3)4)34(9-8-19-41)37(33)46-22-24-49-40(44)28(5)6/h14-17,25,29-30,41H,1,3,5,8-13,18-24H2,2,4,6-7H3. The van der Waals surface area contributed by atoms with E-state index in [-0.39, 0.29) is 50.8 Å². The summed E-state index contributed by atoms with van der Waals surface area (Å²) in [6, 6.07) is 10.5. The molecule has 0 atom stereocenters. The van der Waals surface area contributed by atoms with Gasteiger partial charge in [-0.3, -0.25) is 0 Å². The molecule has 2 aromatic rings. The van der Waals surface area contributed by atoms with Gasteiger partial charge in [-0.05, 0) is 81.0 Å². The number of hydrogen-bond donors (Lipinski definition) is 1. The molecule has 0 unspecified atom stereocenters. The van der Waals surface area contributed by atoms with Crippen LogP contribution in [0.25, 0.3) is 11.1 Å². The molecule has 1 aliphatic rings. The molecule has 9 nitrogen and oxygen atoms in total. The molecule has 9 heteroatoms. The van der Waals surface area contributed by atoms with E-state index in [1.165, 1.54) is 31.2 Å². The first kappa shape index (κ1) is 39.1. The van der Waals surface area contributed by atoms with Crippen LogP contribution < -0.4 is 9.47 Å². The van der Waals surface area contributed by atoms with Gasteiger partial charge in [-0.25, -0.2) is 14.4 Å². The van der Waals surface area contributed by atoms with Crippen molar-refractivity contribution in [3.05, 3.63) is 83.5 Å². The molecule has 49 heavy (non-hydrogen) atoms. The number of esters is 3. The normalized spacial score (nSPS) is 15.5. The van der Waals surface area contributed by atoms with Gasteiger partial charge in [-0.2, -0.15) is 0 Å². The molecule has 1 fully saturated rings. The Labute approximate surface area is 290 Å². The SMILES string of the molecule is C=C(C)C(=O)OCCOc1cc(-c2ccc(C3CCC(C)CC3)cc2)c(CCOC(=O)C(=C)C)c(OCCOC(=O)C(=C)C)c1CCCO. The predicted octanol–water partition coefficient (Wildman–Crippen LogP) is 7.23. The van der Waals surface area contributed by atoms with Gasteiger partial charge in [-0.15, -0.1) is 0 Å². The zero-order valence-corrected chi connectivity index (χ0v) is 29.6. The summed E-state index contributed by atoms with van der Waals surface area (Å²) in [6.45, 7) is 18.0. The molecule has 0 bridgehead atoms. The maximum atomic E-state index is 12.3. The molecule has 0 aliphatic heterocycles. The van der Waals surface area contributed by atoms with Crippen molar-refractivity contribution < 1.29 is 43.2 Å². The molecular weight excluding hydrogens is 624 g/mol. The number of carbonyl (C=O) groups excluding carboxylic acids is 3. The minimum absolute atomic E-state index is 0.000816. The Morgan fingerprint density at radius 1 is 0.714 bits per heavy atom. The van der Waals surface area contributed by atoms with Crippen LogP contribution in [0, 0.1) is 5.92 Å². The van der Waals surface area contributed by atoms with Crippen molar-refractivity contribution in [3.8, 4) is 22.6 Å². The largest absolute Gasteiger partial charge is 0.490 e. The van der Waals surface area contributed by atoms with Gasteiger partial charge in [-0.1, -0.05) is 63.8 Å². The highest BCUT2D eigenvalue weighted by Gasteiger charge is 2.24. The lowest BCUT2D eigenvalue weighted by molar-refractivity contribution is -0.140. The third-order valence-electron chi connectivity index (χ3n) is 8.51. The fourth-order valence-corrected chi connectivity index (χ4v) is 5.73. The van der Waals surface area contributed by atoms with Crippen LogP contribution in [-0.2, 0) is 41.4 Å². The smallest absolute Gasteiger partial charge is 0.333 e. The van der Waals surface area contributed by atoms with Crippen LogP contribution in [0.1, 0.15) is 82.4 Å². The summed E-state index contributed by atoms with van der Waals surface area (Å²) in [5.74, 6) is 0.739. The quantitative estimate of drug-likeness (QED) is 0.0712. The Hall–Kier alpha value is -4.37. The van der Waals surface area contributed by atoms with Gasteiger partial charge >= 0.3 is 17.9 Å². The van der Waals surface area contributed by atoms with E-state index in [4.69, 9.17) is 23.7 Å². The summed E-state index contributed by atoms with van der Waals surface area (Å²) in [5, 5.41) is 9.79. The number of aliphatic hydroxyl groups is 1. The first-order valence-electron chi connectivity index (χ1n) is 17.1. The van der Waals surface area contributed by atoms with Crippen molar-refractivity contribution in [1.29, 1.82) is 0 Å². The average Bonchev–Trinajstić information content (AvgIpc) is 3.08. The molecule has 0 heterocycles. The minimum atomic E-state index is -0.523. The van der Waals surface area contributed by atoms with Crippen LogP contribution in [0.4, 0.5) is 0 Å². The van der Waals surface area contributed by atoms with Crippen molar-refractivity contribution >= 4 is 17.9 Å². The van der Waals surface area contributed by atoms with Crippen molar-refractivity contribution in [2.75, 3.05) is 39.6 Å². The molecule has 0 aromatic heterocycles. The van der Waals surface area contributed by atoms with E-state index in [9.17, 15) is 19.5 Å². The molecule has 0 radical (unpaired) electrons. The van der Waals surface area contributed by atoms with Crippen LogP contribution in [-0.4, -0.2) is 62.7 Å². The van der Waals surface area contributed by atoms with Gasteiger partial charge < -0.3 is 28.8 Å². The summed E-state index contributed by atoms with van der Waals surface area (Å²) in [7, 11) is 0. The third-order valence-corrected chi connectivity index (χ3v) is 8.51. The Morgan fingerprint density at radius 3 is 1.78 bits per heavy atom. The molecular formula is C40H52O9. The Bertz CT molecular complexity index is 1480. The summed E-state index contributed by atoms with van der Waals surface area (Å²) in [6.07, 6.45) is 5.90. The zero-order chi connectivity index (χ0) is 35.9. The fourth-order valence-electron chi connectivity index (χ4n) is 5.73. The number of hydrogen-bond acceptors (Lipinski definition) is 9. The van der Waals surface area contributed by atoms with Crippen molar-refractivity contribution in [1.82, 2.24) is 0 Å². The van der Waals surface area contributed by atoms with E-state index in [1.807, 2.05) is 6.07 Å². The highest BCUT2D eigenvalue weighted by atomic mass is 16.6. The molecule has 2 aromatic carbocycles. The van der Waals surface area contributed by atoms with Crippen molar-refractivity contribution in [2.45, 2.75) is 78.6 Å². The highest BCUT2D eigenvalue weighted by molar-refractivity contribution is 5.87. The van der Waals surface area contributed by atoms with Crippen LogP contribution in [0.2, 0.25) is 0 Å². The van der Waals surface area contributed by atoms with Crippen molar-refractivity contribution in [2.24, 2.45) is 5.92 Å². The van der Waals surface area contributed by atoms with E-state index in [0.29, 0.717) is 47.8 Å². The molecule has 1 aliphatic carbocycles. The summed E-state index contributed by atoms with van der Waals surface area (Å²) >= 11 is 0. The molecule has 0 saturated heterocycles. The number of ether oxygens (including phenoxy) is 5. The van der Waals surface area contributed by atoms with Crippen LogP contribution in [0.5, 0.6) is 11.5 Å². The van der Waals surface area contributed by atoms with Gasteiger partial charge in [0.25, 0.3) is 0 Å². The monoisotopic (exact) mass is 676 g/mol. The second kappa shape index (κ2) is 19.6. The Kier molecular flexibility index (Phi) is 15.6. The van der Waals surface area contributed by atoms with E-state index >= 15 is 0 Å². The summed E-state index contributed by atoms with van der Waals surface area (Å²) in [4.78, 5) is 36.3. The first-order chi connectivity index (χ1) is 23.4. The number of aliphatic hydroxyl groups excluding tert-OH is 1. The summed E-state index contributed by atoms with van der Waals surface area (Å²) in [5.41, 5.74) is 5.35. The van der Waals surface area contributed by atoms with Gasteiger partial charge in [0.2, 0.25) is 0 Å². The molecule has 0 spiro atoms. The second-order valence-electron chi connectivity index (χ2n) is 12.8. The fraction of sp³-hybridized carbons (Fsp3) is 0.475. The third kappa shape index (κ3) is 11.9. The van der Waals surface area contributed by atoms with Gasteiger partial charge in [0, 0.05) is 40.9 Å². The van der Waals surface area contributed by atoms with Gasteiger partial charge in [0.1, 0.15) is 37.9 Å². The van der Waals surface area contributed by atoms with E-state index in [2.05, 4.69) is 50.9 Å². The second-order valence-corrected chi connectivity index (χ2v) is 12.8. The number of benzene rings is 2. The van der Waals surface area contributed by atoms with E-state index in [1.54, 1.807) is 20.8 Å². The van der Waals surface area contributed by atoms with Crippen LogP contribution >= 0.6 is 0 Å². The number of rotatable bonds is 19. The molecule has 0 amide bonds. The maximum absolute atomic E-state index is 12.3. The maximum Gasteiger partial charge on any atom is 0.333 e. The molecule has 3 rings (SSSR count). The van der Waals surface area contributed by atoms with Crippen molar-refractivity contribution in [3.63, 3.8) is 0 Å². The first-order valence-corrected chi connectivity index (χ1v) is 17.1. The summed E-state index contributed by atoms with van der Waals surface area (Å²) < 4.78 is 28.7. The van der Waals surface area contributed by atoms with Crippen LogP contribution in [0.3, 0.4) is 0 Å². The lowest BCUT2D eigenvalue weighted by atomic mass is 9.79. The minimum Gasteiger partial charge on any atom is -0.490 e. The number of carbonyl (C=O) groups is 3. The van der Waals surface area contributed by atoms with Crippen LogP contribution in [0.15, 0.2) is 66.8 Å². The molecule has 1 N–H and O–H groups in total. The van der Waals surface area contributed by atoms with Gasteiger partial charge in [0.15, 0.2) is 0 Å². The highest BCUT2D eigenvalue weighted by Crippen LogP contribution is 2.42. The lowest BCUT2D eigenvalue weighted by Crippen LogP contribution is -2.17. The predicted molar refractivity (Wildman–Crippen MR) is 190 cm³/mol. The Morgan fingerprint density at radius 2 is 1.24 bits per heavy atom. The molecule has 266 valence electrons. The average molecular weight is 677 g/mol. The van der Waals surface area contributed by atoms with Gasteiger partial charge in [0.05, 0.1) is 6.61 Å². The van der Waals surface area contributed by atoms with E-state index < -0.39 is 17.9 Å². The Balaban J connectivity index is 2.09. The molecule has 1 saturated carbocycles. The topological polar surface area (TPSA) is 118 Å². The zero-order valence-electron chi connectivity index (χ0n) is 29.6.